The molecule has 0 bridgehead atoms. The largest absolute Gasteiger partial charge is 0.493 e. The van der Waals surface area contributed by atoms with Gasteiger partial charge in [0.25, 0.3) is 5.91 Å². The number of hydrogen-bond acceptors (Lipinski definition) is 7. The number of carbonyl (C=O) groups excluding carboxylic acids is 2. The van der Waals surface area contributed by atoms with Crippen molar-refractivity contribution < 1.29 is 28.5 Å². The van der Waals surface area contributed by atoms with E-state index >= 15 is 0 Å². The number of carbonyl (C=O) groups is 2. The Labute approximate surface area is 187 Å². The molecule has 2 aromatic carbocycles. The van der Waals surface area contributed by atoms with E-state index < -0.39 is 11.9 Å². The fourth-order valence-electron chi connectivity index (χ4n) is 2.70. The van der Waals surface area contributed by atoms with Crippen molar-refractivity contribution in [3.63, 3.8) is 0 Å². The summed E-state index contributed by atoms with van der Waals surface area (Å²) in [7, 11) is 2.94. The van der Waals surface area contributed by atoms with E-state index in [0.29, 0.717) is 17.9 Å². The Hall–Kier alpha value is -3.83. The molecule has 2 rings (SSSR count). The summed E-state index contributed by atoms with van der Waals surface area (Å²) < 4.78 is 21.1. The van der Waals surface area contributed by atoms with Gasteiger partial charge in [0.1, 0.15) is 17.4 Å². The second kappa shape index (κ2) is 12.1. The van der Waals surface area contributed by atoms with Crippen molar-refractivity contribution in [1.82, 2.24) is 5.32 Å². The van der Waals surface area contributed by atoms with Crippen molar-refractivity contribution in [1.29, 1.82) is 5.26 Å². The van der Waals surface area contributed by atoms with Crippen molar-refractivity contribution in [3.8, 4) is 23.3 Å². The van der Waals surface area contributed by atoms with Gasteiger partial charge in [-0.1, -0.05) is 18.2 Å². The third kappa shape index (κ3) is 6.86. The number of amides is 1. The van der Waals surface area contributed by atoms with Crippen LogP contribution in [0.4, 0.5) is 0 Å². The van der Waals surface area contributed by atoms with E-state index in [1.54, 1.807) is 18.2 Å². The minimum Gasteiger partial charge on any atom is -0.493 e. The van der Waals surface area contributed by atoms with Crippen LogP contribution in [0.2, 0.25) is 0 Å². The molecular formula is C24H26N2O6. The molecule has 0 saturated heterocycles. The highest BCUT2D eigenvalue weighted by Gasteiger charge is 2.14. The van der Waals surface area contributed by atoms with Gasteiger partial charge in [0, 0.05) is 13.7 Å². The minimum absolute atomic E-state index is 0.0742. The van der Waals surface area contributed by atoms with Crippen LogP contribution in [0, 0.1) is 25.2 Å². The second-order valence-corrected chi connectivity index (χ2v) is 6.79. The lowest BCUT2D eigenvalue weighted by Crippen LogP contribution is -2.27. The quantitative estimate of drug-likeness (QED) is 0.200. The van der Waals surface area contributed by atoms with E-state index in [4.69, 9.17) is 18.9 Å². The van der Waals surface area contributed by atoms with Crippen LogP contribution in [0.1, 0.15) is 16.7 Å². The van der Waals surface area contributed by atoms with Crippen LogP contribution in [0.5, 0.6) is 17.2 Å². The van der Waals surface area contributed by atoms with Gasteiger partial charge in [-0.25, -0.2) is 4.79 Å². The molecule has 0 unspecified atom stereocenters. The lowest BCUT2D eigenvalue weighted by atomic mass is 10.1. The average Bonchev–Trinajstić information content (AvgIpc) is 2.79. The van der Waals surface area contributed by atoms with Gasteiger partial charge in [-0.3, -0.25) is 4.79 Å². The van der Waals surface area contributed by atoms with Crippen LogP contribution in [0.15, 0.2) is 42.0 Å². The molecule has 0 spiro atoms. The van der Waals surface area contributed by atoms with Crippen LogP contribution in [-0.2, 0) is 14.3 Å². The number of ether oxygens (including phenoxy) is 4. The summed E-state index contributed by atoms with van der Waals surface area (Å²) in [6, 6.07) is 12.2. The number of benzene rings is 2. The standard InChI is InChI=1S/C24H26N2O6/c1-16-6-5-7-20(17(16)2)31-15-23(27)32-21-9-8-18(13-22(21)30-4)12-19(14-25)24(28)26-10-11-29-3/h5-9,12-13H,10-11,15H2,1-4H3,(H,26,28)/b19-12+. The molecule has 32 heavy (non-hydrogen) atoms. The van der Waals surface area contributed by atoms with Gasteiger partial charge >= 0.3 is 5.97 Å². The number of hydrogen-bond donors (Lipinski definition) is 1. The maximum atomic E-state index is 12.3. The number of esters is 1. The summed E-state index contributed by atoms with van der Waals surface area (Å²) in [6.07, 6.45) is 1.42. The van der Waals surface area contributed by atoms with E-state index in [1.165, 1.54) is 26.4 Å². The Morgan fingerprint density at radius 1 is 1.09 bits per heavy atom. The van der Waals surface area contributed by atoms with E-state index in [1.807, 2.05) is 32.0 Å². The number of nitrogens with zero attached hydrogens (tertiary/aromatic N) is 1. The fourth-order valence-corrected chi connectivity index (χ4v) is 2.70. The predicted molar refractivity (Wildman–Crippen MR) is 119 cm³/mol. The molecule has 1 N–H and O–H groups in total. The molecule has 168 valence electrons. The maximum Gasteiger partial charge on any atom is 0.349 e. The van der Waals surface area contributed by atoms with Crippen LogP contribution in [0.3, 0.4) is 0 Å². The third-order valence-corrected chi connectivity index (χ3v) is 4.58. The van der Waals surface area contributed by atoms with E-state index in [9.17, 15) is 14.9 Å². The number of nitriles is 1. The van der Waals surface area contributed by atoms with Crippen LogP contribution < -0.4 is 19.5 Å². The number of methoxy groups -OCH3 is 2. The number of nitrogens with one attached hydrogen (secondary N) is 1. The summed E-state index contributed by atoms with van der Waals surface area (Å²) in [5.41, 5.74) is 2.47. The average molecular weight is 438 g/mol. The first-order valence-corrected chi connectivity index (χ1v) is 9.86. The summed E-state index contributed by atoms with van der Waals surface area (Å²) in [5.74, 6) is -0.0225. The van der Waals surface area contributed by atoms with Gasteiger partial charge < -0.3 is 24.3 Å². The Balaban J connectivity index is 2.07. The molecule has 2 aromatic rings. The maximum absolute atomic E-state index is 12.3. The molecule has 1 amide bonds. The first-order valence-electron chi connectivity index (χ1n) is 9.86. The van der Waals surface area contributed by atoms with Crippen LogP contribution in [0.25, 0.3) is 6.08 Å². The van der Waals surface area contributed by atoms with Crippen molar-refractivity contribution in [2.24, 2.45) is 0 Å². The van der Waals surface area contributed by atoms with Gasteiger partial charge in [-0.05, 0) is 54.8 Å². The zero-order valence-electron chi connectivity index (χ0n) is 18.6. The molecule has 0 aliphatic rings. The first kappa shape index (κ1) is 24.4. The zero-order valence-corrected chi connectivity index (χ0v) is 18.6. The molecule has 0 saturated carbocycles. The molecular weight excluding hydrogens is 412 g/mol. The van der Waals surface area contributed by atoms with Gasteiger partial charge in [0.15, 0.2) is 18.1 Å². The Morgan fingerprint density at radius 3 is 2.56 bits per heavy atom. The minimum atomic E-state index is -0.595. The summed E-state index contributed by atoms with van der Waals surface area (Å²) in [4.78, 5) is 24.3. The highest BCUT2D eigenvalue weighted by Crippen LogP contribution is 2.29. The summed E-state index contributed by atoms with van der Waals surface area (Å²) in [5, 5.41) is 11.9. The molecule has 0 heterocycles. The monoisotopic (exact) mass is 438 g/mol. The topological polar surface area (TPSA) is 107 Å². The van der Waals surface area contributed by atoms with Crippen LogP contribution >= 0.6 is 0 Å². The SMILES string of the molecule is COCCNC(=O)/C(C#N)=C/c1ccc(OC(=O)COc2cccc(C)c2C)c(OC)c1. The molecule has 0 fully saturated rings. The van der Waals surface area contributed by atoms with Crippen molar-refractivity contribution in [2.75, 3.05) is 34.0 Å². The van der Waals surface area contributed by atoms with E-state index in [0.717, 1.165) is 11.1 Å². The van der Waals surface area contributed by atoms with Crippen molar-refractivity contribution >= 4 is 18.0 Å². The highest BCUT2D eigenvalue weighted by molar-refractivity contribution is 6.01. The molecule has 8 nitrogen and oxygen atoms in total. The summed E-state index contributed by atoms with van der Waals surface area (Å²) in [6.45, 7) is 4.23. The number of aryl methyl sites for hydroxylation is 1. The molecule has 0 aliphatic carbocycles. The molecule has 0 atom stereocenters. The lowest BCUT2D eigenvalue weighted by Gasteiger charge is -2.12. The molecule has 0 radical (unpaired) electrons. The normalized spacial score (nSPS) is 10.8. The smallest absolute Gasteiger partial charge is 0.349 e. The van der Waals surface area contributed by atoms with Crippen molar-refractivity contribution in [3.05, 3.63) is 58.7 Å². The van der Waals surface area contributed by atoms with Gasteiger partial charge in [-0.15, -0.1) is 0 Å². The molecule has 8 heteroatoms. The fraction of sp³-hybridized carbons (Fsp3) is 0.292. The Bertz CT molecular complexity index is 1040. The molecule has 0 aromatic heterocycles. The Morgan fingerprint density at radius 2 is 1.88 bits per heavy atom. The van der Waals surface area contributed by atoms with Gasteiger partial charge in [0.05, 0.1) is 13.7 Å². The van der Waals surface area contributed by atoms with Crippen LogP contribution in [-0.4, -0.2) is 45.9 Å². The third-order valence-electron chi connectivity index (χ3n) is 4.58. The molecule has 0 aliphatic heterocycles. The summed E-state index contributed by atoms with van der Waals surface area (Å²) >= 11 is 0. The second-order valence-electron chi connectivity index (χ2n) is 6.79. The lowest BCUT2D eigenvalue weighted by molar-refractivity contribution is -0.136. The van der Waals surface area contributed by atoms with Crippen molar-refractivity contribution in [2.45, 2.75) is 13.8 Å². The van der Waals surface area contributed by atoms with Gasteiger partial charge in [-0.2, -0.15) is 5.26 Å². The highest BCUT2D eigenvalue weighted by atomic mass is 16.6. The van der Waals surface area contributed by atoms with Gasteiger partial charge in [0.2, 0.25) is 0 Å². The predicted octanol–water partition coefficient (Wildman–Crippen LogP) is 2.97. The first-order chi connectivity index (χ1) is 15.4. The van der Waals surface area contributed by atoms with E-state index in [2.05, 4.69) is 5.32 Å². The Kier molecular flexibility index (Phi) is 9.26. The zero-order chi connectivity index (χ0) is 23.5. The van der Waals surface area contributed by atoms with E-state index in [-0.39, 0.29) is 30.2 Å². The number of rotatable bonds is 10.